The molecule has 0 radical (unpaired) electrons. The van der Waals surface area contributed by atoms with E-state index in [1.807, 2.05) is 20.8 Å². The van der Waals surface area contributed by atoms with Crippen molar-refractivity contribution < 1.29 is 13.2 Å². The molecule has 0 fully saturated rings. The Labute approximate surface area is 115 Å². The Morgan fingerprint density at radius 3 is 2.47 bits per heavy atom. The molecular formula is C13H22N2O3S. The second kappa shape index (κ2) is 5.79. The lowest BCUT2D eigenvalue weighted by molar-refractivity contribution is 0.106. The first-order valence-corrected chi connectivity index (χ1v) is 7.78. The first kappa shape index (κ1) is 15.8. The lowest BCUT2D eigenvalue weighted by Gasteiger charge is -2.26. The van der Waals surface area contributed by atoms with Gasteiger partial charge in [0.2, 0.25) is 10.0 Å². The molecule has 0 heterocycles. The number of benzene rings is 1. The van der Waals surface area contributed by atoms with Crippen LogP contribution in [0.15, 0.2) is 23.1 Å². The second-order valence-electron chi connectivity index (χ2n) is 4.92. The van der Waals surface area contributed by atoms with Crippen LogP contribution < -0.4 is 15.2 Å². The predicted molar refractivity (Wildman–Crippen MR) is 76.7 cm³/mol. The summed E-state index contributed by atoms with van der Waals surface area (Å²) in [5.41, 5.74) is 5.86. The highest BCUT2D eigenvalue weighted by Gasteiger charge is 2.20. The van der Waals surface area contributed by atoms with Crippen LogP contribution in [-0.4, -0.2) is 20.6 Å². The molecule has 6 heteroatoms. The maximum atomic E-state index is 11.9. The molecule has 0 saturated heterocycles. The summed E-state index contributed by atoms with van der Waals surface area (Å²) in [5.74, 6) is 0.394. The lowest BCUT2D eigenvalue weighted by atomic mass is 10.1. The maximum absolute atomic E-state index is 11.9. The number of nitrogens with one attached hydrogen (secondary N) is 1. The third-order valence-corrected chi connectivity index (χ3v) is 4.41. The van der Waals surface area contributed by atoms with Crippen molar-refractivity contribution in [1.29, 1.82) is 0 Å². The fourth-order valence-electron chi connectivity index (χ4n) is 1.41. The molecule has 0 aromatic heterocycles. The first-order chi connectivity index (χ1) is 8.72. The molecule has 19 heavy (non-hydrogen) atoms. The molecule has 0 spiro atoms. The fourth-order valence-corrected chi connectivity index (χ4v) is 2.47. The van der Waals surface area contributed by atoms with Gasteiger partial charge in [-0.2, -0.15) is 0 Å². The van der Waals surface area contributed by atoms with Gasteiger partial charge in [-0.05, 0) is 32.4 Å². The molecule has 0 unspecified atom stereocenters. The number of anilines is 1. The van der Waals surface area contributed by atoms with Crippen LogP contribution in [0.4, 0.5) is 5.69 Å². The molecule has 1 aromatic rings. The fraction of sp³-hybridized carbons (Fsp3) is 0.538. The van der Waals surface area contributed by atoms with Crippen molar-refractivity contribution in [2.75, 3.05) is 12.3 Å². The van der Waals surface area contributed by atoms with Crippen LogP contribution in [0.2, 0.25) is 0 Å². The number of sulfonamides is 1. The number of ether oxygens (including phenoxy) is 1. The van der Waals surface area contributed by atoms with Crippen molar-refractivity contribution in [1.82, 2.24) is 4.72 Å². The average molecular weight is 286 g/mol. The number of hydrogen-bond donors (Lipinski definition) is 2. The van der Waals surface area contributed by atoms with E-state index in [4.69, 9.17) is 10.5 Å². The van der Waals surface area contributed by atoms with Crippen molar-refractivity contribution in [3.63, 3.8) is 0 Å². The monoisotopic (exact) mass is 286 g/mol. The molecular weight excluding hydrogens is 264 g/mol. The Balaban J connectivity index is 3.15. The van der Waals surface area contributed by atoms with Crippen molar-refractivity contribution in [3.05, 3.63) is 18.2 Å². The van der Waals surface area contributed by atoms with Gasteiger partial charge in [0, 0.05) is 12.6 Å². The molecule has 0 aliphatic carbocycles. The zero-order valence-electron chi connectivity index (χ0n) is 11.9. The molecule has 3 N–H and O–H groups in total. The number of hydrogen-bond acceptors (Lipinski definition) is 4. The van der Waals surface area contributed by atoms with E-state index in [-0.39, 0.29) is 4.90 Å². The van der Waals surface area contributed by atoms with Gasteiger partial charge in [-0.25, -0.2) is 13.1 Å². The van der Waals surface area contributed by atoms with E-state index in [1.165, 1.54) is 12.1 Å². The average Bonchev–Trinajstić information content (AvgIpc) is 2.31. The molecule has 0 amide bonds. The molecule has 1 aromatic carbocycles. The Morgan fingerprint density at radius 2 is 1.95 bits per heavy atom. The number of nitrogens with two attached hydrogens (primary N) is 1. The van der Waals surface area contributed by atoms with E-state index in [1.54, 1.807) is 13.0 Å². The highest BCUT2D eigenvalue weighted by molar-refractivity contribution is 7.89. The van der Waals surface area contributed by atoms with Gasteiger partial charge in [0.25, 0.3) is 0 Å². The smallest absolute Gasteiger partial charge is 0.240 e. The number of nitrogen functional groups attached to an aromatic ring is 1. The van der Waals surface area contributed by atoms with E-state index in [0.29, 0.717) is 18.0 Å². The summed E-state index contributed by atoms with van der Waals surface area (Å²) < 4.78 is 32.1. The SMILES string of the molecule is CCNS(=O)(=O)c1ccc(N)c(OC(C)(C)CC)c1. The van der Waals surface area contributed by atoms with E-state index in [9.17, 15) is 8.42 Å². The topological polar surface area (TPSA) is 81.4 Å². The lowest BCUT2D eigenvalue weighted by Crippen LogP contribution is -2.28. The van der Waals surface area contributed by atoms with Crippen LogP contribution in [0.3, 0.4) is 0 Å². The molecule has 0 bridgehead atoms. The van der Waals surface area contributed by atoms with Crippen LogP contribution in [0.5, 0.6) is 5.75 Å². The van der Waals surface area contributed by atoms with Gasteiger partial charge < -0.3 is 10.5 Å². The van der Waals surface area contributed by atoms with Crippen molar-refractivity contribution >= 4 is 15.7 Å². The van der Waals surface area contributed by atoms with Gasteiger partial charge >= 0.3 is 0 Å². The predicted octanol–water partition coefficient (Wildman–Crippen LogP) is 2.13. The Morgan fingerprint density at radius 1 is 1.32 bits per heavy atom. The van der Waals surface area contributed by atoms with E-state index < -0.39 is 15.6 Å². The maximum Gasteiger partial charge on any atom is 0.240 e. The van der Waals surface area contributed by atoms with Gasteiger partial charge in [0.05, 0.1) is 10.6 Å². The second-order valence-corrected chi connectivity index (χ2v) is 6.68. The minimum absolute atomic E-state index is 0.158. The summed E-state index contributed by atoms with van der Waals surface area (Å²) in [6.45, 7) is 7.92. The highest BCUT2D eigenvalue weighted by Crippen LogP contribution is 2.29. The summed E-state index contributed by atoms with van der Waals surface area (Å²) in [6, 6.07) is 4.48. The zero-order valence-corrected chi connectivity index (χ0v) is 12.7. The zero-order chi connectivity index (χ0) is 14.7. The van der Waals surface area contributed by atoms with Crippen LogP contribution in [0.25, 0.3) is 0 Å². The largest absolute Gasteiger partial charge is 0.486 e. The first-order valence-electron chi connectivity index (χ1n) is 6.30. The normalized spacial score (nSPS) is 12.4. The Bertz CT molecular complexity index is 539. The Hall–Kier alpha value is -1.27. The van der Waals surface area contributed by atoms with Crippen LogP contribution >= 0.6 is 0 Å². The summed E-state index contributed by atoms with van der Waals surface area (Å²) in [6.07, 6.45) is 0.788. The van der Waals surface area contributed by atoms with Crippen molar-refractivity contribution in [2.45, 2.75) is 44.6 Å². The van der Waals surface area contributed by atoms with Gasteiger partial charge in [0.1, 0.15) is 11.4 Å². The third kappa shape index (κ3) is 4.11. The minimum Gasteiger partial charge on any atom is -0.486 e. The van der Waals surface area contributed by atoms with Crippen LogP contribution in [-0.2, 0) is 10.0 Å². The standard InChI is InChI=1S/C13H22N2O3S/c1-5-13(3,4)18-12-9-10(7-8-11(12)14)19(16,17)15-6-2/h7-9,15H,5-6,14H2,1-4H3. The quantitative estimate of drug-likeness (QED) is 0.785. The van der Waals surface area contributed by atoms with Gasteiger partial charge in [-0.15, -0.1) is 0 Å². The summed E-state index contributed by atoms with van der Waals surface area (Å²) in [4.78, 5) is 0.158. The van der Waals surface area contributed by atoms with E-state index >= 15 is 0 Å². The third-order valence-electron chi connectivity index (χ3n) is 2.87. The van der Waals surface area contributed by atoms with E-state index in [2.05, 4.69) is 4.72 Å². The summed E-state index contributed by atoms with van der Waals surface area (Å²) in [7, 11) is -3.50. The van der Waals surface area contributed by atoms with Gasteiger partial charge in [-0.1, -0.05) is 13.8 Å². The molecule has 0 aliphatic heterocycles. The molecule has 1 rings (SSSR count). The molecule has 5 nitrogen and oxygen atoms in total. The number of rotatable bonds is 6. The van der Waals surface area contributed by atoms with E-state index in [0.717, 1.165) is 6.42 Å². The molecule has 0 aliphatic rings. The molecule has 0 atom stereocenters. The van der Waals surface area contributed by atoms with Crippen LogP contribution in [0.1, 0.15) is 34.1 Å². The van der Waals surface area contributed by atoms with Crippen molar-refractivity contribution in [2.24, 2.45) is 0 Å². The highest BCUT2D eigenvalue weighted by atomic mass is 32.2. The van der Waals surface area contributed by atoms with Gasteiger partial charge in [-0.3, -0.25) is 0 Å². The molecule has 108 valence electrons. The van der Waals surface area contributed by atoms with Crippen molar-refractivity contribution in [3.8, 4) is 5.75 Å². The minimum atomic E-state index is -3.50. The summed E-state index contributed by atoms with van der Waals surface area (Å²) in [5, 5.41) is 0. The molecule has 0 saturated carbocycles. The van der Waals surface area contributed by atoms with Crippen LogP contribution in [0, 0.1) is 0 Å². The summed E-state index contributed by atoms with van der Waals surface area (Å²) >= 11 is 0. The Kier molecular flexibility index (Phi) is 4.81. The van der Waals surface area contributed by atoms with Gasteiger partial charge in [0.15, 0.2) is 0 Å².